The Bertz CT molecular complexity index is 824. The summed E-state index contributed by atoms with van der Waals surface area (Å²) in [5.41, 5.74) is -0.936. The van der Waals surface area contributed by atoms with Crippen LogP contribution < -0.4 is 5.32 Å². The van der Waals surface area contributed by atoms with Gasteiger partial charge in [0.1, 0.15) is 17.1 Å². The van der Waals surface area contributed by atoms with E-state index in [-0.39, 0.29) is 30.2 Å². The van der Waals surface area contributed by atoms with Crippen LogP contribution in [0.5, 0.6) is 0 Å². The Morgan fingerprint density at radius 2 is 2.00 bits per heavy atom. The zero-order chi connectivity index (χ0) is 18.9. The lowest BCUT2D eigenvalue weighted by atomic mass is 10.3. The summed E-state index contributed by atoms with van der Waals surface area (Å²) in [5, 5.41) is 20.9. The molecule has 0 saturated heterocycles. The van der Waals surface area contributed by atoms with Crippen LogP contribution in [0.2, 0.25) is 0 Å². The second-order valence-corrected chi connectivity index (χ2v) is 5.29. The Kier molecular flexibility index (Phi) is 4.81. The Morgan fingerprint density at radius 3 is 2.48 bits per heavy atom. The molecule has 0 bridgehead atoms. The number of aromatic nitrogens is 4. The van der Waals surface area contributed by atoms with E-state index in [9.17, 15) is 28.1 Å². The number of carbonyl (C=O) groups is 1. The maximum Gasteiger partial charge on any atom is 0.433 e. The van der Waals surface area contributed by atoms with Gasteiger partial charge in [-0.15, -0.1) is 0 Å². The first-order chi connectivity index (χ1) is 11.5. The summed E-state index contributed by atoms with van der Waals surface area (Å²) in [6.07, 6.45) is -4.61. The number of nitrogens with one attached hydrogen (secondary N) is 1. The molecule has 0 aliphatic carbocycles. The molecule has 0 aromatic carbocycles. The first-order valence-corrected chi connectivity index (χ1v) is 7.10. The summed E-state index contributed by atoms with van der Waals surface area (Å²) in [6, 6.07) is 0.656. The van der Waals surface area contributed by atoms with E-state index in [1.165, 1.54) is 18.5 Å². The number of hydrogen-bond acceptors (Lipinski definition) is 5. The van der Waals surface area contributed by atoms with E-state index in [0.29, 0.717) is 16.4 Å². The Balaban J connectivity index is 2.02. The van der Waals surface area contributed by atoms with Crippen molar-refractivity contribution in [2.45, 2.75) is 26.6 Å². The minimum absolute atomic E-state index is 0.0237. The minimum atomic E-state index is -4.61. The van der Waals surface area contributed by atoms with Gasteiger partial charge in [-0.2, -0.15) is 23.4 Å². The summed E-state index contributed by atoms with van der Waals surface area (Å²) in [4.78, 5) is 22.3. The van der Waals surface area contributed by atoms with Gasteiger partial charge in [-0.1, -0.05) is 0 Å². The van der Waals surface area contributed by atoms with Crippen LogP contribution in [0.3, 0.4) is 0 Å². The molecule has 136 valence electrons. The van der Waals surface area contributed by atoms with Crippen molar-refractivity contribution in [3.63, 3.8) is 0 Å². The molecule has 0 fully saturated rings. The zero-order valence-corrected chi connectivity index (χ0v) is 13.6. The molecule has 0 aliphatic rings. The van der Waals surface area contributed by atoms with Crippen LogP contribution in [0.15, 0.2) is 6.07 Å². The number of amides is 1. The first kappa shape index (κ1) is 18.4. The van der Waals surface area contributed by atoms with Gasteiger partial charge in [0.15, 0.2) is 5.69 Å². The average molecular weight is 360 g/mol. The van der Waals surface area contributed by atoms with Gasteiger partial charge in [0, 0.05) is 19.7 Å². The van der Waals surface area contributed by atoms with E-state index < -0.39 is 22.7 Å². The molecule has 1 amide bonds. The predicted octanol–water partition coefficient (Wildman–Crippen LogP) is 1.59. The molecule has 25 heavy (non-hydrogen) atoms. The van der Waals surface area contributed by atoms with E-state index >= 15 is 0 Å². The molecule has 9 nitrogen and oxygen atoms in total. The van der Waals surface area contributed by atoms with Crippen molar-refractivity contribution in [2.75, 3.05) is 6.54 Å². The molecule has 2 heterocycles. The van der Waals surface area contributed by atoms with Crippen LogP contribution >= 0.6 is 0 Å². The van der Waals surface area contributed by atoms with Crippen LogP contribution in [0.25, 0.3) is 0 Å². The fourth-order valence-corrected chi connectivity index (χ4v) is 2.38. The number of nitro groups is 1. The molecule has 2 aromatic heterocycles. The van der Waals surface area contributed by atoms with Gasteiger partial charge in [0.25, 0.3) is 5.91 Å². The molecule has 2 rings (SSSR count). The lowest BCUT2D eigenvalue weighted by Crippen LogP contribution is -2.28. The number of aryl methyl sites for hydroxylation is 2. The monoisotopic (exact) mass is 360 g/mol. The molecule has 0 radical (unpaired) electrons. The topological polar surface area (TPSA) is 108 Å². The van der Waals surface area contributed by atoms with E-state index in [4.69, 9.17) is 0 Å². The van der Waals surface area contributed by atoms with Crippen molar-refractivity contribution in [1.29, 1.82) is 0 Å². The molecular formula is C13H15F3N6O3. The fourth-order valence-electron chi connectivity index (χ4n) is 2.38. The highest BCUT2D eigenvalue weighted by Gasteiger charge is 2.35. The van der Waals surface area contributed by atoms with Crippen molar-refractivity contribution in [3.05, 3.63) is 39.0 Å². The number of alkyl halides is 3. The molecule has 12 heteroatoms. The number of rotatable bonds is 5. The summed E-state index contributed by atoms with van der Waals surface area (Å²) in [6.45, 7) is 3.17. The number of nitrogens with zero attached hydrogens (tertiary/aromatic N) is 5. The number of hydrogen-bond donors (Lipinski definition) is 1. The average Bonchev–Trinajstić information content (AvgIpc) is 2.99. The van der Waals surface area contributed by atoms with Crippen LogP contribution in [0.4, 0.5) is 18.9 Å². The van der Waals surface area contributed by atoms with E-state index in [0.717, 1.165) is 7.05 Å². The smallest absolute Gasteiger partial charge is 0.349 e. The third kappa shape index (κ3) is 3.78. The fraction of sp³-hybridized carbons (Fsp3) is 0.462. The molecular weight excluding hydrogens is 345 g/mol. The van der Waals surface area contributed by atoms with Gasteiger partial charge in [0.2, 0.25) is 0 Å². The van der Waals surface area contributed by atoms with Gasteiger partial charge in [0.05, 0.1) is 11.5 Å². The molecule has 0 aliphatic heterocycles. The maximum absolute atomic E-state index is 12.7. The number of halogens is 3. The molecule has 2 aromatic rings. The van der Waals surface area contributed by atoms with Gasteiger partial charge in [-0.3, -0.25) is 24.3 Å². The quantitative estimate of drug-likeness (QED) is 0.643. The summed E-state index contributed by atoms with van der Waals surface area (Å²) < 4.78 is 40.0. The number of carbonyl (C=O) groups excluding carboxylic acids is 1. The molecule has 0 atom stereocenters. The normalized spacial score (nSPS) is 11.6. The lowest BCUT2D eigenvalue weighted by molar-refractivity contribution is -0.386. The molecule has 0 spiro atoms. The summed E-state index contributed by atoms with van der Waals surface area (Å²) in [7, 11) is 1.09. The van der Waals surface area contributed by atoms with Crippen LogP contribution in [0.1, 0.15) is 27.6 Å². The van der Waals surface area contributed by atoms with Crippen LogP contribution in [-0.2, 0) is 19.8 Å². The second-order valence-electron chi connectivity index (χ2n) is 5.29. The Hall–Kier alpha value is -2.92. The standard InChI is InChI=1S/C13H15F3N6O3/c1-7-11(22(24)25)8(2)21(18-7)5-4-17-12(23)9-6-10(13(14,15)16)20(3)19-9/h6H,4-5H2,1-3H3,(H,17,23). The lowest BCUT2D eigenvalue weighted by Gasteiger charge is -2.05. The Labute approximate surface area is 139 Å². The summed E-state index contributed by atoms with van der Waals surface area (Å²) in [5.74, 6) is -0.776. The third-order valence-electron chi connectivity index (χ3n) is 3.54. The largest absolute Gasteiger partial charge is 0.433 e. The minimum Gasteiger partial charge on any atom is -0.349 e. The third-order valence-corrected chi connectivity index (χ3v) is 3.54. The van der Waals surface area contributed by atoms with Gasteiger partial charge in [-0.05, 0) is 13.8 Å². The molecule has 1 N–H and O–H groups in total. The van der Waals surface area contributed by atoms with Crippen molar-refractivity contribution in [1.82, 2.24) is 24.9 Å². The second kappa shape index (κ2) is 6.53. The van der Waals surface area contributed by atoms with E-state index in [1.54, 1.807) is 0 Å². The molecule has 0 unspecified atom stereocenters. The van der Waals surface area contributed by atoms with Crippen LogP contribution in [0, 0.1) is 24.0 Å². The zero-order valence-electron chi connectivity index (χ0n) is 13.6. The highest BCUT2D eigenvalue weighted by atomic mass is 19.4. The van der Waals surface area contributed by atoms with E-state index in [1.807, 2.05) is 0 Å². The summed E-state index contributed by atoms with van der Waals surface area (Å²) >= 11 is 0. The van der Waals surface area contributed by atoms with Gasteiger partial charge < -0.3 is 5.32 Å². The van der Waals surface area contributed by atoms with Crippen LogP contribution in [-0.4, -0.2) is 36.9 Å². The highest BCUT2D eigenvalue weighted by molar-refractivity contribution is 5.92. The first-order valence-electron chi connectivity index (χ1n) is 7.10. The molecule has 0 saturated carbocycles. The SMILES string of the molecule is Cc1nn(CCNC(=O)c2cc(C(F)(F)F)n(C)n2)c(C)c1[N+](=O)[O-]. The van der Waals surface area contributed by atoms with Crippen molar-refractivity contribution >= 4 is 11.6 Å². The van der Waals surface area contributed by atoms with Gasteiger partial charge >= 0.3 is 11.9 Å². The predicted molar refractivity (Wildman–Crippen MR) is 78.9 cm³/mol. The maximum atomic E-state index is 12.7. The van der Waals surface area contributed by atoms with Crippen molar-refractivity contribution in [2.24, 2.45) is 7.05 Å². The van der Waals surface area contributed by atoms with Crippen molar-refractivity contribution in [3.8, 4) is 0 Å². The Morgan fingerprint density at radius 1 is 1.36 bits per heavy atom. The van der Waals surface area contributed by atoms with E-state index in [2.05, 4.69) is 15.5 Å². The van der Waals surface area contributed by atoms with Gasteiger partial charge in [-0.25, -0.2) is 0 Å². The highest BCUT2D eigenvalue weighted by Crippen LogP contribution is 2.29. The van der Waals surface area contributed by atoms with Crippen molar-refractivity contribution < 1.29 is 22.9 Å².